The van der Waals surface area contributed by atoms with E-state index in [0.29, 0.717) is 22.5 Å². The Bertz CT molecular complexity index is 1380. The van der Waals surface area contributed by atoms with Crippen LogP contribution >= 0.6 is 0 Å². The van der Waals surface area contributed by atoms with Gasteiger partial charge in [0.25, 0.3) is 10.0 Å². The van der Waals surface area contributed by atoms with Crippen molar-refractivity contribution in [3.63, 3.8) is 0 Å². The molecule has 0 amide bonds. The summed E-state index contributed by atoms with van der Waals surface area (Å²) in [6.07, 6.45) is 1.58. The average Bonchev–Trinajstić information content (AvgIpc) is 3.31. The molecule has 0 aliphatic heterocycles. The Balaban J connectivity index is 1.81. The van der Waals surface area contributed by atoms with Crippen LogP contribution < -0.4 is 9.47 Å². The maximum absolute atomic E-state index is 14.1. The van der Waals surface area contributed by atoms with E-state index in [0.717, 1.165) is 11.1 Å². The summed E-state index contributed by atoms with van der Waals surface area (Å²) in [5.41, 5.74) is 1.14. The molecule has 2 heterocycles. The number of hydrogen-bond acceptors (Lipinski definition) is 7. The van der Waals surface area contributed by atoms with Gasteiger partial charge >= 0.3 is 0 Å². The second-order valence-electron chi connectivity index (χ2n) is 9.03. The lowest BCUT2D eigenvalue weighted by molar-refractivity contribution is 0.154. The van der Waals surface area contributed by atoms with Crippen LogP contribution in [0.2, 0.25) is 0 Å². The minimum atomic E-state index is -4.09. The zero-order chi connectivity index (χ0) is 25.9. The summed E-state index contributed by atoms with van der Waals surface area (Å²) in [6, 6.07) is 17.9. The van der Waals surface area contributed by atoms with Gasteiger partial charge in [-0.15, -0.1) is 0 Å². The van der Waals surface area contributed by atoms with E-state index in [-0.39, 0.29) is 24.7 Å². The number of pyridine rings is 1. The Labute approximate surface area is 211 Å². The van der Waals surface area contributed by atoms with E-state index in [1.807, 2.05) is 24.3 Å². The van der Waals surface area contributed by atoms with Gasteiger partial charge in [0.05, 0.1) is 31.8 Å². The fourth-order valence-electron chi connectivity index (χ4n) is 3.82. The van der Waals surface area contributed by atoms with Gasteiger partial charge in [-0.1, -0.05) is 24.3 Å². The van der Waals surface area contributed by atoms with E-state index >= 15 is 0 Å². The van der Waals surface area contributed by atoms with Crippen LogP contribution in [-0.4, -0.2) is 53.4 Å². The molecule has 0 bridgehead atoms. The molecule has 2 aromatic carbocycles. The van der Waals surface area contributed by atoms with Gasteiger partial charge in [0.2, 0.25) is 5.03 Å². The standard InChI is InChI=1S/C26H30N4O5S/c1-26(2,18-31)30-24-23(6-5-15-27-24)25(28-30)36(32,33)29(16-19-7-11-21(34-3)12-8-19)17-20-9-13-22(35-4)14-10-20/h5-15,31H,16-18H2,1-4H3. The molecule has 0 unspecified atom stereocenters. The SMILES string of the molecule is COc1ccc(CN(Cc2ccc(OC)cc2)S(=O)(=O)c2nn(C(C)(C)CO)c3ncccc23)cc1. The highest BCUT2D eigenvalue weighted by Gasteiger charge is 2.34. The minimum Gasteiger partial charge on any atom is -0.497 e. The van der Waals surface area contributed by atoms with Crippen LogP contribution in [0.3, 0.4) is 0 Å². The van der Waals surface area contributed by atoms with Gasteiger partial charge in [-0.3, -0.25) is 0 Å². The van der Waals surface area contributed by atoms with Crippen molar-refractivity contribution in [2.24, 2.45) is 0 Å². The fraction of sp³-hybridized carbons (Fsp3) is 0.308. The molecule has 0 atom stereocenters. The van der Waals surface area contributed by atoms with Crippen molar-refractivity contribution in [3.8, 4) is 11.5 Å². The smallest absolute Gasteiger partial charge is 0.263 e. The molecule has 9 nitrogen and oxygen atoms in total. The summed E-state index contributed by atoms with van der Waals surface area (Å²) in [4.78, 5) is 4.37. The third-order valence-electron chi connectivity index (χ3n) is 5.99. The van der Waals surface area contributed by atoms with Crippen molar-refractivity contribution in [1.29, 1.82) is 0 Å². The van der Waals surface area contributed by atoms with Crippen molar-refractivity contribution in [1.82, 2.24) is 19.1 Å². The summed E-state index contributed by atoms with van der Waals surface area (Å²) in [5.74, 6) is 1.37. The van der Waals surface area contributed by atoms with Gasteiger partial charge in [0, 0.05) is 19.3 Å². The van der Waals surface area contributed by atoms with Gasteiger partial charge in [-0.05, 0) is 61.4 Å². The summed E-state index contributed by atoms with van der Waals surface area (Å²) in [6.45, 7) is 3.56. The van der Waals surface area contributed by atoms with Crippen molar-refractivity contribution in [2.45, 2.75) is 37.5 Å². The summed E-state index contributed by atoms with van der Waals surface area (Å²) in [5, 5.41) is 14.7. The Hall–Kier alpha value is -3.47. The predicted octanol–water partition coefficient (Wildman–Crippen LogP) is 3.57. The van der Waals surface area contributed by atoms with Gasteiger partial charge in [-0.2, -0.15) is 9.40 Å². The maximum atomic E-state index is 14.1. The zero-order valence-electron chi connectivity index (χ0n) is 20.7. The van der Waals surface area contributed by atoms with Crippen LogP contribution in [0.15, 0.2) is 71.9 Å². The number of aromatic nitrogens is 3. The van der Waals surface area contributed by atoms with E-state index in [1.54, 1.807) is 70.7 Å². The summed E-state index contributed by atoms with van der Waals surface area (Å²) in [7, 11) is -0.922. The van der Waals surface area contributed by atoms with E-state index in [2.05, 4.69) is 10.1 Å². The zero-order valence-corrected chi connectivity index (χ0v) is 21.6. The van der Waals surface area contributed by atoms with E-state index in [4.69, 9.17) is 9.47 Å². The summed E-state index contributed by atoms with van der Waals surface area (Å²) < 4.78 is 41.6. The van der Waals surface area contributed by atoms with E-state index < -0.39 is 15.6 Å². The first-order valence-electron chi connectivity index (χ1n) is 11.4. The third kappa shape index (κ3) is 5.06. The predicted molar refractivity (Wildman–Crippen MR) is 136 cm³/mol. The molecule has 0 saturated carbocycles. The highest BCUT2D eigenvalue weighted by atomic mass is 32.2. The van der Waals surface area contributed by atoms with Crippen LogP contribution in [0.25, 0.3) is 11.0 Å². The maximum Gasteiger partial charge on any atom is 0.263 e. The normalized spacial score (nSPS) is 12.3. The van der Waals surface area contributed by atoms with Crippen molar-refractivity contribution in [2.75, 3.05) is 20.8 Å². The lowest BCUT2D eigenvalue weighted by Crippen LogP contribution is -2.33. The van der Waals surface area contributed by atoms with Crippen LogP contribution in [-0.2, 0) is 28.7 Å². The average molecular weight is 511 g/mol. The lowest BCUT2D eigenvalue weighted by atomic mass is 10.1. The van der Waals surface area contributed by atoms with Crippen molar-refractivity contribution >= 4 is 21.1 Å². The molecule has 0 fully saturated rings. The molecule has 0 aliphatic carbocycles. The van der Waals surface area contributed by atoms with Crippen LogP contribution in [0.5, 0.6) is 11.5 Å². The molecule has 190 valence electrons. The van der Waals surface area contributed by atoms with E-state index in [9.17, 15) is 13.5 Å². The first-order valence-corrected chi connectivity index (χ1v) is 12.8. The molecule has 0 saturated heterocycles. The Morgan fingerprint density at radius 3 is 1.92 bits per heavy atom. The number of aliphatic hydroxyl groups is 1. The second kappa shape index (κ2) is 10.3. The largest absolute Gasteiger partial charge is 0.497 e. The second-order valence-corrected chi connectivity index (χ2v) is 10.9. The molecule has 0 radical (unpaired) electrons. The molecule has 36 heavy (non-hydrogen) atoms. The molecule has 4 aromatic rings. The molecule has 10 heteroatoms. The van der Waals surface area contributed by atoms with Crippen LogP contribution in [0.1, 0.15) is 25.0 Å². The Morgan fingerprint density at radius 2 is 1.44 bits per heavy atom. The molecule has 2 aromatic heterocycles. The van der Waals surface area contributed by atoms with Crippen molar-refractivity contribution < 1.29 is 23.0 Å². The topological polar surface area (TPSA) is 107 Å². The molecule has 0 aliphatic rings. The summed E-state index contributed by atoms with van der Waals surface area (Å²) >= 11 is 0. The van der Waals surface area contributed by atoms with E-state index in [1.165, 1.54) is 8.99 Å². The Kier molecular flexibility index (Phi) is 7.30. The number of sulfonamides is 1. The number of fused-ring (bicyclic) bond motifs is 1. The number of methoxy groups -OCH3 is 2. The third-order valence-corrected chi connectivity index (χ3v) is 7.72. The van der Waals surface area contributed by atoms with Gasteiger partial charge in [-0.25, -0.2) is 18.1 Å². The number of aliphatic hydroxyl groups excluding tert-OH is 1. The first-order chi connectivity index (χ1) is 17.2. The Morgan fingerprint density at radius 1 is 0.917 bits per heavy atom. The number of nitrogens with zero attached hydrogens (tertiary/aromatic N) is 4. The van der Waals surface area contributed by atoms with Gasteiger partial charge in [0.1, 0.15) is 11.5 Å². The fourth-order valence-corrected chi connectivity index (χ4v) is 5.33. The highest BCUT2D eigenvalue weighted by Crippen LogP contribution is 2.30. The quantitative estimate of drug-likeness (QED) is 0.348. The molecular weight excluding hydrogens is 480 g/mol. The van der Waals surface area contributed by atoms with Crippen molar-refractivity contribution in [3.05, 3.63) is 78.0 Å². The van der Waals surface area contributed by atoms with Gasteiger partial charge in [0.15, 0.2) is 5.65 Å². The first kappa shape index (κ1) is 25.6. The van der Waals surface area contributed by atoms with Crippen LogP contribution in [0, 0.1) is 0 Å². The minimum absolute atomic E-state index is 0.103. The highest BCUT2D eigenvalue weighted by molar-refractivity contribution is 7.89. The number of ether oxygens (including phenoxy) is 2. The molecule has 4 rings (SSSR count). The number of rotatable bonds is 10. The monoisotopic (exact) mass is 510 g/mol. The molecule has 1 N–H and O–H groups in total. The molecular formula is C26H30N4O5S. The molecule has 0 spiro atoms. The number of benzene rings is 2. The lowest BCUT2D eigenvalue weighted by Gasteiger charge is -2.23. The van der Waals surface area contributed by atoms with Crippen LogP contribution in [0.4, 0.5) is 0 Å². The number of hydrogen-bond donors (Lipinski definition) is 1. The van der Waals surface area contributed by atoms with Gasteiger partial charge < -0.3 is 14.6 Å².